The SMILES string of the molecule is Cc1ccn2cc(-c3ccccc3)nc2c1.[Br-]. The molecular formula is C14H12BrN2-. The van der Waals surface area contributed by atoms with E-state index in [1.807, 2.05) is 24.4 Å². The van der Waals surface area contributed by atoms with Gasteiger partial charge in [0.1, 0.15) is 5.65 Å². The Hall–Kier alpha value is -1.61. The Morgan fingerprint density at radius 2 is 1.82 bits per heavy atom. The van der Waals surface area contributed by atoms with Crippen LogP contribution in [-0.4, -0.2) is 9.38 Å². The third kappa shape index (κ3) is 2.24. The highest BCUT2D eigenvalue weighted by Crippen LogP contribution is 2.18. The Morgan fingerprint density at radius 1 is 1.06 bits per heavy atom. The van der Waals surface area contributed by atoms with Crippen LogP contribution in [0.25, 0.3) is 16.9 Å². The van der Waals surface area contributed by atoms with Crippen LogP contribution in [0.3, 0.4) is 0 Å². The Morgan fingerprint density at radius 3 is 2.59 bits per heavy atom. The van der Waals surface area contributed by atoms with Gasteiger partial charge in [0.05, 0.1) is 5.69 Å². The van der Waals surface area contributed by atoms with Gasteiger partial charge in [0.2, 0.25) is 0 Å². The topological polar surface area (TPSA) is 17.3 Å². The maximum atomic E-state index is 4.61. The van der Waals surface area contributed by atoms with E-state index < -0.39 is 0 Å². The lowest BCUT2D eigenvalue weighted by Crippen LogP contribution is -3.00. The van der Waals surface area contributed by atoms with E-state index >= 15 is 0 Å². The number of benzene rings is 1. The second-order valence-electron chi connectivity index (χ2n) is 3.96. The van der Waals surface area contributed by atoms with E-state index in [2.05, 4.69) is 46.8 Å². The fourth-order valence-electron chi connectivity index (χ4n) is 1.83. The minimum Gasteiger partial charge on any atom is -1.00 e. The molecule has 0 aliphatic carbocycles. The number of imidazole rings is 1. The third-order valence-corrected chi connectivity index (χ3v) is 2.69. The first kappa shape index (κ1) is 11.9. The first-order valence-electron chi connectivity index (χ1n) is 5.34. The van der Waals surface area contributed by atoms with Crippen LogP contribution in [0.2, 0.25) is 0 Å². The summed E-state index contributed by atoms with van der Waals surface area (Å²) in [6, 6.07) is 14.4. The summed E-state index contributed by atoms with van der Waals surface area (Å²) in [5, 5.41) is 0. The highest BCUT2D eigenvalue weighted by Gasteiger charge is 2.02. The molecule has 3 aromatic rings. The quantitative estimate of drug-likeness (QED) is 0.630. The van der Waals surface area contributed by atoms with Crippen molar-refractivity contribution in [3.05, 3.63) is 60.4 Å². The van der Waals surface area contributed by atoms with Crippen LogP contribution in [0.1, 0.15) is 5.56 Å². The fourth-order valence-corrected chi connectivity index (χ4v) is 1.83. The molecule has 2 heterocycles. The zero-order valence-corrected chi connectivity index (χ0v) is 11.1. The van der Waals surface area contributed by atoms with Gasteiger partial charge in [-0.3, -0.25) is 0 Å². The highest BCUT2D eigenvalue weighted by atomic mass is 79.9. The molecule has 0 bridgehead atoms. The summed E-state index contributed by atoms with van der Waals surface area (Å²) < 4.78 is 2.05. The maximum absolute atomic E-state index is 4.61. The predicted octanol–water partition coefficient (Wildman–Crippen LogP) is 0.314. The van der Waals surface area contributed by atoms with Gasteiger partial charge in [-0.15, -0.1) is 0 Å². The summed E-state index contributed by atoms with van der Waals surface area (Å²) in [4.78, 5) is 4.61. The number of halogens is 1. The number of aromatic nitrogens is 2. The normalized spacial score (nSPS) is 10.2. The summed E-state index contributed by atoms with van der Waals surface area (Å²) in [7, 11) is 0. The van der Waals surface area contributed by atoms with Crippen molar-refractivity contribution in [1.29, 1.82) is 0 Å². The number of pyridine rings is 1. The highest BCUT2D eigenvalue weighted by molar-refractivity contribution is 5.62. The Labute approximate surface area is 111 Å². The van der Waals surface area contributed by atoms with Crippen molar-refractivity contribution in [1.82, 2.24) is 9.38 Å². The predicted molar refractivity (Wildman–Crippen MR) is 65.4 cm³/mol. The van der Waals surface area contributed by atoms with Gasteiger partial charge in [-0.1, -0.05) is 30.3 Å². The molecule has 0 spiro atoms. The molecule has 0 N–H and O–H groups in total. The molecule has 2 aromatic heterocycles. The van der Waals surface area contributed by atoms with Crippen molar-refractivity contribution in [2.75, 3.05) is 0 Å². The largest absolute Gasteiger partial charge is 1.00 e. The van der Waals surface area contributed by atoms with Crippen LogP contribution in [0.5, 0.6) is 0 Å². The molecule has 0 aliphatic rings. The van der Waals surface area contributed by atoms with Crippen molar-refractivity contribution in [3.8, 4) is 11.3 Å². The number of aryl methyl sites for hydroxylation is 1. The van der Waals surface area contributed by atoms with E-state index in [-0.39, 0.29) is 17.0 Å². The van der Waals surface area contributed by atoms with Crippen molar-refractivity contribution in [3.63, 3.8) is 0 Å². The lowest BCUT2D eigenvalue weighted by Gasteiger charge is -1.92. The van der Waals surface area contributed by atoms with E-state index in [0.29, 0.717) is 0 Å². The molecule has 0 fully saturated rings. The van der Waals surface area contributed by atoms with E-state index in [1.54, 1.807) is 0 Å². The zero-order chi connectivity index (χ0) is 11.0. The van der Waals surface area contributed by atoms with Crippen LogP contribution in [-0.2, 0) is 0 Å². The molecule has 3 rings (SSSR count). The van der Waals surface area contributed by atoms with Crippen LogP contribution in [0.4, 0.5) is 0 Å². The van der Waals surface area contributed by atoms with Crippen molar-refractivity contribution in [2.24, 2.45) is 0 Å². The first-order valence-corrected chi connectivity index (χ1v) is 5.34. The smallest absolute Gasteiger partial charge is 0.137 e. The second-order valence-corrected chi connectivity index (χ2v) is 3.96. The molecule has 17 heavy (non-hydrogen) atoms. The zero-order valence-electron chi connectivity index (χ0n) is 9.47. The van der Waals surface area contributed by atoms with Gasteiger partial charge in [-0.05, 0) is 24.6 Å². The van der Waals surface area contributed by atoms with Crippen molar-refractivity contribution in [2.45, 2.75) is 6.92 Å². The molecule has 0 saturated carbocycles. The first-order chi connectivity index (χ1) is 7.83. The van der Waals surface area contributed by atoms with Gasteiger partial charge < -0.3 is 21.4 Å². The number of fused-ring (bicyclic) bond motifs is 1. The minimum absolute atomic E-state index is 0. The average molecular weight is 288 g/mol. The minimum atomic E-state index is 0. The summed E-state index contributed by atoms with van der Waals surface area (Å²) in [6.07, 6.45) is 4.11. The van der Waals surface area contributed by atoms with Gasteiger partial charge in [0.15, 0.2) is 0 Å². The van der Waals surface area contributed by atoms with E-state index in [1.165, 1.54) is 5.56 Å². The standard InChI is InChI=1S/C14H12N2.BrH/c1-11-7-8-16-10-13(15-14(16)9-11)12-5-3-2-4-6-12;/h2-10H,1H3;1H/p-1. The Kier molecular flexibility index (Phi) is 3.29. The van der Waals surface area contributed by atoms with Crippen LogP contribution >= 0.6 is 0 Å². The molecule has 0 atom stereocenters. The monoisotopic (exact) mass is 287 g/mol. The van der Waals surface area contributed by atoms with E-state index in [0.717, 1.165) is 16.9 Å². The molecule has 0 radical (unpaired) electrons. The molecule has 0 aliphatic heterocycles. The van der Waals surface area contributed by atoms with Gasteiger partial charge >= 0.3 is 0 Å². The van der Waals surface area contributed by atoms with E-state index in [9.17, 15) is 0 Å². The van der Waals surface area contributed by atoms with Gasteiger partial charge in [-0.2, -0.15) is 0 Å². The lowest BCUT2D eigenvalue weighted by atomic mass is 10.2. The van der Waals surface area contributed by atoms with Gasteiger partial charge in [-0.25, -0.2) is 4.98 Å². The summed E-state index contributed by atoms with van der Waals surface area (Å²) in [5.41, 5.74) is 4.41. The Bertz CT molecular complexity index is 629. The average Bonchev–Trinajstić information content (AvgIpc) is 2.73. The molecule has 2 nitrogen and oxygen atoms in total. The van der Waals surface area contributed by atoms with Gasteiger partial charge in [0, 0.05) is 18.0 Å². The number of hydrogen-bond donors (Lipinski definition) is 0. The summed E-state index contributed by atoms with van der Waals surface area (Å²) in [5.74, 6) is 0. The molecule has 3 heteroatoms. The Balaban J connectivity index is 0.00000108. The number of nitrogens with zero attached hydrogens (tertiary/aromatic N) is 2. The van der Waals surface area contributed by atoms with Crippen molar-refractivity contribution < 1.29 is 17.0 Å². The van der Waals surface area contributed by atoms with Crippen LogP contribution < -0.4 is 17.0 Å². The fraction of sp³-hybridized carbons (Fsp3) is 0.0714. The van der Waals surface area contributed by atoms with E-state index in [4.69, 9.17) is 0 Å². The second kappa shape index (κ2) is 4.72. The maximum Gasteiger partial charge on any atom is 0.137 e. The third-order valence-electron chi connectivity index (χ3n) is 2.69. The lowest BCUT2D eigenvalue weighted by molar-refractivity contribution is -0.00000333. The summed E-state index contributed by atoms with van der Waals surface area (Å²) in [6.45, 7) is 2.08. The molecule has 0 amide bonds. The summed E-state index contributed by atoms with van der Waals surface area (Å²) >= 11 is 0. The molecule has 86 valence electrons. The van der Waals surface area contributed by atoms with Crippen LogP contribution in [0, 0.1) is 6.92 Å². The van der Waals surface area contributed by atoms with Crippen molar-refractivity contribution >= 4 is 5.65 Å². The van der Waals surface area contributed by atoms with Gasteiger partial charge in [0.25, 0.3) is 0 Å². The molecule has 0 saturated heterocycles. The number of rotatable bonds is 1. The molecule has 0 unspecified atom stereocenters. The number of hydrogen-bond acceptors (Lipinski definition) is 1. The molecular weight excluding hydrogens is 276 g/mol. The van der Waals surface area contributed by atoms with Crippen LogP contribution in [0.15, 0.2) is 54.9 Å². The molecule has 1 aromatic carbocycles.